The minimum atomic E-state index is -0.280. The van der Waals surface area contributed by atoms with E-state index in [9.17, 15) is 4.79 Å². The maximum atomic E-state index is 12.0. The number of methoxy groups -OCH3 is 1. The SMILES string of the molecule is COc1ccc(NC(=O)NCc2cn3cc(Br)ccc3n2)cc1C. The number of urea groups is 1. The molecule has 0 spiro atoms. The van der Waals surface area contributed by atoms with E-state index < -0.39 is 0 Å². The summed E-state index contributed by atoms with van der Waals surface area (Å²) in [4.78, 5) is 16.5. The van der Waals surface area contributed by atoms with Gasteiger partial charge in [-0.1, -0.05) is 0 Å². The van der Waals surface area contributed by atoms with Crippen LogP contribution in [0.4, 0.5) is 10.5 Å². The number of pyridine rings is 1. The highest BCUT2D eigenvalue weighted by Gasteiger charge is 2.06. The molecule has 0 unspecified atom stereocenters. The van der Waals surface area contributed by atoms with Crippen molar-refractivity contribution in [2.24, 2.45) is 0 Å². The van der Waals surface area contributed by atoms with Gasteiger partial charge in [-0.15, -0.1) is 0 Å². The Morgan fingerprint density at radius 1 is 1.29 bits per heavy atom. The lowest BCUT2D eigenvalue weighted by Gasteiger charge is -2.09. The highest BCUT2D eigenvalue weighted by molar-refractivity contribution is 9.10. The lowest BCUT2D eigenvalue weighted by molar-refractivity contribution is 0.251. The molecule has 3 aromatic rings. The summed E-state index contributed by atoms with van der Waals surface area (Å²) in [5.74, 6) is 0.789. The number of ether oxygens (including phenoxy) is 1. The van der Waals surface area contributed by atoms with Crippen LogP contribution in [0.5, 0.6) is 5.75 Å². The standard InChI is InChI=1S/C17H17BrN4O2/c1-11-7-13(4-5-15(11)24-2)21-17(23)19-8-14-10-22-9-12(18)3-6-16(22)20-14/h3-7,9-10H,8H2,1-2H3,(H2,19,21,23). The zero-order valence-corrected chi connectivity index (χ0v) is 14.9. The number of nitrogens with zero attached hydrogens (tertiary/aromatic N) is 2. The molecule has 0 atom stereocenters. The molecule has 0 fully saturated rings. The van der Waals surface area contributed by atoms with Gasteiger partial charge >= 0.3 is 6.03 Å². The Labute approximate surface area is 148 Å². The number of rotatable bonds is 4. The number of amides is 2. The molecule has 0 radical (unpaired) electrons. The number of aromatic nitrogens is 2. The molecule has 0 aliphatic rings. The fourth-order valence-electron chi connectivity index (χ4n) is 2.40. The maximum Gasteiger partial charge on any atom is 0.319 e. The number of benzene rings is 1. The summed E-state index contributed by atoms with van der Waals surface area (Å²) in [6.07, 6.45) is 3.81. The average molecular weight is 389 g/mol. The number of carbonyl (C=O) groups excluding carboxylic acids is 1. The molecule has 24 heavy (non-hydrogen) atoms. The number of fused-ring (bicyclic) bond motifs is 1. The molecular formula is C17H17BrN4O2. The molecule has 0 aliphatic heterocycles. The van der Waals surface area contributed by atoms with E-state index in [0.29, 0.717) is 12.2 Å². The van der Waals surface area contributed by atoms with Crippen LogP contribution in [0.15, 0.2) is 47.2 Å². The lowest BCUT2D eigenvalue weighted by atomic mass is 10.2. The number of nitrogens with one attached hydrogen (secondary N) is 2. The Balaban J connectivity index is 1.61. The first-order valence-electron chi connectivity index (χ1n) is 7.38. The van der Waals surface area contributed by atoms with Crippen LogP contribution in [-0.4, -0.2) is 22.5 Å². The Morgan fingerprint density at radius 3 is 2.88 bits per heavy atom. The third-order valence-electron chi connectivity index (χ3n) is 3.55. The smallest absolute Gasteiger partial charge is 0.319 e. The second kappa shape index (κ2) is 6.92. The average Bonchev–Trinajstić information content (AvgIpc) is 2.95. The Kier molecular flexibility index (Phi) is 4.71. The zero-order valence-electron chi connectivity index (χ0n) is 13.3. The summed E-state index contributed by atoms with van der Waals surface area (Å²) < 4.78 is 8.09. The molecular weight excluding hydrogens is 372 g/mol. The number of aryl methyl sites for hydroxylation is 1. The minimum absolute atomic E-state index is 0.280. The zero-order chi connectivity index (χ0) is 17.1. The molecule has 0 bridgehead atoms. The third-order valence-corrected chi connectivity index (χ3v) is 4.02. The van der Waals surface area contributed by atoms with Gasteiger partial charge in [0.15, 0.2) is 0 Å². The molecule has 2 N–H and O–H groups in total. The monoisotopic (exact) mass is 388 g/mol. The van der Waals surface area contributed by atoms with Gasteiger partial charge in [-0.2, -0.15) is 0 Å². The van der Waals surface area contributed by atoms with Crippen molar-refractivity contribution in [2.45, 2.75) is 13.5 Å². The van der Waals surface area contributed by atoms with Crippen LogP contribution in [-0.2, 0) is 6.54 Å². The van der Waals surface area contributed by atoms with Crippen molar-refractivity contribution >= 4 is 33.3 Å². The molecule has 2 heterocycles. The number of hydrogen-bond donors (Lipinski definition) is 2. The summed E-state index contributed by atoms with van der Waals surface area (Å²) in [6.45, 7) is 2.27. The van der Waals surface area contributed by atoms with E-state index in [4.69, 9.17) is 4.74 Å². The van der Waals surface area contributed by atoms with Gasteiger partial charge in [0.05, 0.1) is 19.3 Å². The van der Waals surface area contributed by atoms with Gasteiger partial charge in [-0.05, 0) is 58.7 Å². The maximum absolute atomic E-state index is 12.0. The second-order valence-electron chi connectivity index (χ2n) is 5.34. The summed E-state index contributed by atoms with van der Waals surface area (Å²) in [5, 5.41) is 5.60. The first kappa shape index (κ1) is 16.3. The predicted octanol–water partition coefficient (Wildman–Crippen LogP) is 3.74. The summed E-state index contributed by atoms with van der Waals surface area (Å²) in [7, 11) is 1.62. The van der Waals surface area contributed by atoms with Crippen LogP contribution < -0.4 is 15.4 Å². The first-order chi connectivity index (χ1) is 11.5. The molecule has 6 nitrogen and oxygen atoms in total. The third kappa shape index (κ3) is 3.68. The summed E-state index contributed by atoms with van der Waals surface area (Å²) >= 11 is 3.42. The molecule has 2 amide bonds. The molecule has 124 valence electrons. The Morgan fingerprint density at radius 2 is 2.12 bits per heavy atom. The van der Waals surface area contributed by atoms with Crippen molar-refractivity contribution in [2.75, 3.05) is 12.4 Å². The Hall–Kier alpha value is -2.54. The van der Waals surface area contributed by atoms with Gasteiger partial charge in [0.1, 0.15) is 11.4 Å². The van der Waals surface area contributed by atoms with Crippen LogP contribution in [0.25, 0.3) is 5.65 Å². The van der Waals surface area contributed by atoms with Gasteiger partial charge in [-0.3, -0.25) is 0 Å². The van der Waals surface area contributed by atoms with Gasteiger partial charge in [0, 0.05) is 22.6 Å². The number of imidazole rings is 1. The van der Waals surface area contributed by atoms with E-state index in [1.54, 1.807) is 13.2 Å². The van der Waals surface area contributed by atoms with Gasteiger partial charge < -0.3 is 19.8 Å². The lowest BCUT2D eigenvalue weighted by Crippen LogP contribution is -2.28. The van der Waals surface area contributed by atoms with E-state index in [-0.39, 0.29) is 6.03 Å². The van der Waals surface area contributed by atoms with Crippen molar-refractivity contribution in [3.05, 3.63) is 58.5 Å². The van der Waals surface area contributed by atoms with Crippen LogP contribution >= 0.6 is 15.9 Å². The summed E-state index contributed by atoms with van der Waals surface area (Å²) in [6, 6.07) is 9.05. The number of anilines is 1. The molecule has 2 aromatic heterocycles. The first-order valence-corrected chi connectivity index (χ1v) is 8.17. The topological polar surface area (TPSA) is 67.7 Å². The van der Waals surface area contributed by atoms with Crippen LogP contribution in [0.2, 0.25) is 0 Å². The van der Waals surface area contributed by atoms with Crippen molar-refractivity contribution in [1.82, 2.24) is 14.7 Å². The Bertz CT molecular complexity index is 891. The molecule has 1 aromatic carbocycles. The van der Waals surface area contributed by atoms with Crippen molar-refractivity contribution < 1.29 is 9.53 Å². The van der Waals surface area contributed by atoms with E-state index in [0.717, 1.165) is 27.1 Å². The quantitative estimate of drug-likeness (QED) is 0.715. The highest BCUT2D eigenvalue weighted by atomic mass is 79.9. The fourth-order valence-corrected chi connectivity index (χ4v) is 2.76. The van der Waals surface area contributed by atoms with E-state index in [1.807, 2.05) is 48.0 Å². The normalized spacial score (nSPS) is 10.6. The number of hydrogen-bond acceptors (Lipinski definition) is 3. The van der Waals surface area contributed by atoms with Gasteiger partial charge in [-0.25, -0.2) is 9.78 Å². The minimum Gasteiger partial charge on any atom is -0.496 e. The number of carbonyl (C=O) groups is 1. The van der Waals surface area contributed by atoms with Gasteiger partial charge in [0.2, 0.25) is 0 Å². The van der Waals surface area contributed by atoms with Gasteiger partial charge in [0.25, 0.3) is 0 Å². The van der Waals surface area contributed by atoms with Crippen LogP contribution in [0, 0.1) is 6.92 Å². The number of halogens is 1. The highest BCUT2D eigenvalue weighted by Crippen LogP contribution is 2.21. The van der Waals surface area contributed by atoms with Crippen LogP contribution in [0.1, 0.15) is 11.3 Å². The molecule has 0 saturated carbocycles. The largest absolute Gasteiger partial charge is 0.496 e. The second-order valence-corrected chi connectivity index (χ2v) is 6.25. The van der Waals surface area contributed by atoms with E-state index in [2.05, 4.69) is 31.5 Å². The van der Waals surface area contributed by atoms with E-state index >= 15 is 0 Å². The summed E-state index contributed by atoms with van der Waals surface area (Å²) in [5.41, 5.74) is 3.29. The van der Waals surface area contributed by atoms with E-state index in [1.165, 1.54) is 0 Å². The molecule has 0 saturated heterocycles. The molecule has 0 aliphatic carbocycles. The predicted molar refractivity (Wildman–Crippen MR) is 96.5 cm³/mol. The fraction of sp³-hybridized carbons (Fsp3) is 0.176. The van der Waals surface area contributed by atoms with Crippen molar-refractivity contribution in [1.29, 1.82) is 0 Å². The van der Waals surface area contributed by atoms with Crippen molar-refractivity contribution in [3.63, 3.8) is 0 Å². The molecule has 3 rings (SSSR count). The molecule has 7 heteroatoms. The van der Waals surface area contributed by atoms with Crippen molar-refractivity contribution in [3.8, 4) is 5.75 Å². The van der Waals surface area contributed by atoms with Crippen LogP contribution in [0.3, 0.4) is 0 Å².